The van der Waals surface area contributed by atoms with E-state index in [0.29, 0.717) is 12.0 Å². The summed E-state index contributed by atoms with van der Waals surface area (Å²) in [6, 6.07) is 0.606. The van der Waals surface area contributed by atoms with E-state index in [1.807, 2.05) is 6.92 Å². The smallest absolute Gasteiger partial charge is 0.0549 e. The van der Waals surface area contributed by atoms with Crippen molar-refractivity contribution < 1.29 is 5.11 Å². The minimum atomic E-state index is -0.193. The van der Waals surface area contributed by atoms with Gasteiger partial charge in [-0.2, -0.15) is 0 Å². The molecule has 1 fully saturated rings. The van der Waals surface area contributed by atoms with Gasteiger partial charge in [0.25, 0.3) is 0 Å². The summed E-state index contributed by atoms with van der Waals surface area (Å²) in [7, 11) is 0. The van der Waals surface area contributed by atoms with Crippen molar-refractivity contribution in [1.29, 1.82) is 0 Å². The maximum absolute atomic E-state index is 9.40. The van der Waals surface area contributed by atoms with Crippen LogP contribution in [0.3, 0.4) is 0 Å². The molecule has 0 bridgehead atoms. The maximum atomic E-state index is 9.40. The van der Waals surface area contributed by atoms with Crippen molar-refractivity contribution >= 4 is 0 Å². The summed E-state index contributed by atoms with van der Waals surface area (Å²) >= 11 is 0. The fourth-order valence-corrected chi connectivity index (χ4v) is 1.68. The molecule has 13 heavy (non-hydrogen) atoms. The number of hydrogen-bond donors (Lipinski definition) is 2. The molecule has 3 heteroatoms. The van der Waals surface area contributed by atoms with E-state index >= 15 is 0 Å². The van der Waals surface area contributed by atoms with Crippen LogP contribution in [0, 0.1) is 5.92 Å². The molecule has 0 spiro atoms. The fraction of sp³-hybridized carbons (Fsp3) is 1.00. The van der Waals surface area contributed by atoms with Crippen LogP contribution in [0.5, 0.6) is 0 Å². The van der Waals surface area contributed by atoms with Crippen LogP contribution in [-0.4, -0.2) is 48.3 Å². The zero-order valence-electron chi connectivity index (χ0n) is 8.95. The number of nitrogens with one attached hydrogen (secondary N) is 1. The Morgan fingerprint density at radius 2 is 2.23 bits per heavy atom. The second-order valence-corrected chi connectivity index (χ2v) is 4.27. The molecule has 3 unspecified atom stereocenters. The lowest BCUT2D eigenvalue weighted by Gasteiger charge is -2.36. The van der Waals surface area contributed by atoms with Crippen molar-refractivity contribution in [3.63, 3.8) is 0 Å². The zero-order chi connectivity index (χ0) is 9.84. The van der Waals surface area contributed by atoms with Gasteiger partial charge in [-0.15, -0.1) is 0 Å². The highest BCUT2D eigenvalue weighted by Crippen LogP contribution is 2.09. The summed E-state index contributed by atoms with van der Waals surface area (Å²) < 4.78 is 0. The van der Waals surface area contributed by atoms with Gasteiger partial charge in [0.1, 0.15) is 0 Å². The molecule has 1 heterocycles. The maximum Gasteiger partial charge on any atom is 0.0549 e. The van der Waals surface area contributed by atoms with Crippen molar-refractivity contribution in [2.24, 2.45) is 5.92 Å². The lowest BCUT2D eigenvalue weighted by atomic mass is 10.0. The Kier molecular flexibility index (Phi) is 4.16. The second kappa shape index (κ2) is 4.94. The molecule has 0 aromatic rings. The van der Waals surface area contributed by atoms with Crippen LogP contribution in [0.15, 0.2) is 0 Å². The van der Waals surface area contributed by atoms with Crippen LogP contribution in [-0.2, 0) is 0 Å². The predicted octanol–water partition coefficient (Wildman–Crippen LogP) is 0.297. The van der Waals surface area contributed by atoms with Gasteiger partial charge in [-0.3, -0.25) is 4.90 Å². The highest BCUT2D eigenvalue weighted by Gasteiger charge is 2.21. The van der Waals surface area contributed by atoms with Gasteiger partial charge in [-0.1, -0.05) is 6.92 Å². The van der Waals surface area contributed by atoms with Gasteiger partial charge in [0.05, 0.1) is 6.10 Å². The molecule has 1 aliphatic heterocycles. The Balaban J connectivity index is 2.33. The molecule has 1 saturated heterocycles. The Hall–Kier alpha value is -0.120. The van der Waals surface area contributed by atoms with Crippen LogP contribution in [0.4, 0.5) is 0 Å². The van der Waals surface area contributed by atoms with Gasteiger partial charge in [0, 0.05) is 32.2 Å². The van der Waals surface area contributed by atoms with Gasteiger partial charge < -0.3 is 10.4 Å². The van der Waals surface area contributed by atoms with Crippen LogP contribution < -0.4 is 5.32 Å². The van der Waals surface area contributed by atoms with E-state index in [9.17, 15) is 5.11 Å². The normalized spacial score (nSPS) is 30.0. The first-order chi connectivity index (χ1) is 6.11. The summed E-state index contributed by atoms with van der Waals surface area (Å²) in [4.78, 5) is 2.45. The average Bonchev–Trinajstić information content (AvgIpc) is 2.08. The molecule has 0 aromatic heterocycles. The van der Waals surface area contributed by atoms with E-state index in [1.54, 1.807) is 0 Å². The number of aliphatic hydroxyl groups is 1. The molecule has 0 radical (unpaired) electrons. The standard InChI is InChI=1S/C10H22N2O/c1-8(10(3)13)7-12-5-4-11-6-9(12)2/h8-11,13H,4-7H2,1-3H3. The van der Waals surface area contributed by atoms with Gasteiger partial charge in [-0.25, -0.2) is 0 Å². The van der Waals surface area contributed by atoms with E-state index in [-0.39, 0.29) is 6.10 Å². The molecule has 0 aromatic carbocycles. The number of aliphatic hydroxyl groups excluding tert-OH is 1. The molecular formula is C10H22N2O. The largest absolute Gasteiger partial charge is 0.393 e. The number of hydrogen-bond acceptors (Lipinski definition) is 3. The monoisotopic (exact) mass is 186 g/mol. The Bertz CT molecular complexity index is 150. The third kappa shape index (κ3) is 3.25. The summed E-state index contributed by atoms with van der Waals surface area (Å²) in [6.07, 6.45) is -0.193. The summed E-state index contributed by atoms with van der Waals surface area (Å²) in [5.74, 6) is 0.376. The minimum Gasteiger partial charge on any atom is -0.393 e. The third-order valence-corrected chi connectivity index (χ3v) is 2.98. The van der Waals surface area contributed by atoms with Crippen molar-refractivity contribution in [3.05, 3.63) is 0 Å². The molecule has 3 nitrogen and oxygen atoms in total. The Morgan fingerprint density at radius 1 is 1.54 bits per heavy atom. The number of rotatable bonds is 3. The molecule has 3 atom stereocenters. The first kappa shape index (κ1) is 11.0. The zero-order valence-corrected chi connectivity index (χ0v) is 8.95. The van der Waals surface area contributed by atoms with E-state index in [2.05, 4.69) is 24.1 Å². The predicted molar refractivity (Wildman–Crippen MR) is 54.7 cm³/mol. The first-order valence-electron chi connectivity index (χ1n) is 5.24. The van der Waals surface area contributed by atoms with Crippen LogP contribution in [0.1, 0.15) is 20.8 Å². The van der Waals surface area contributed by atoms with Gasteiger partial charge in [-0.05, 0) is 19.8 Å². The average molecular weight is 186 g/mol. The number of nitrogens with zero attached hydrogens (tertiary/aromatic N) is 1. The van der Waals surface area contributed by atoms with Crippen molar-refractivity contribution in [3.8, 4) is 0 Å². The second-order valence-electron chi connectivity index (χ2n) is 4.27. The Labute approximate surface area is 81.1 Å². The van der Waals surface area contributed by atoms with Crippen LogP contribution in [0.25, 0.3) is 0 Å². The summed E-state index contributed by atoms with van der Waals surface area (Å²) in [5, 5.41) is 12.8. The van der Waals surface area contributed by atoms with E-state index in [1.165, 1.54) is 0 Å². The molecule has 0 aliphatic carbocycles. The highest BCUT2D eigenvalue weighted by molar-refractivity contribution is 4.78. The van der Waals surface area contributed by atoms with Crippen LogP contribution >= 0.6 is 0 Å². The van der Waals surface area contributed by atoms with Gasteiger partial charge in [0.2, 0.25) is 0 Å². The first-order valence-corrected chi connectivity index (χ1v) is 5.24. The Morgan fingerprint density at radius 3 is 2.77 bits per heavy atom. The van der Waals surface area contributed by atoms with Gasteiger partial charge in [0.15, 0.2) is 0 Å². The van der Waals surface area contributed by atoms with Gasteiger partial charge >= 0.3 is 0 Å². The summed E-state index contributed by atoms with van der Waals surface area (Å²) in [6.45, 7) is 10.5. The van der Waals surface area contributed by atoms with E-state index < -0.39 is 0 Å². The lowest BCUT2D eigenvalue weighted by molar-refractivity contribution is 0.0796. The molecule has 2 N–H and O–H groups in total. The molecule has 1 rings (SSSR count). The third-order valence-electron chi connectivity index (χ3n) is 2.98. The van der Waals surface area contributed by atoms with E-state index in [4.69, 9.17) is 0 Å². The molecular weight excluding hydrogens is 164 g/mol. The quantitative estimate of drug-likeness (QED) is 0.665. The summed E-state index contributed by atoms with van der Waals surface area (Å²) in [5.41, 5.74) is 0. The topological polar surface area (TPSA) is 35.5 Å². The molecule has 78 valence electrons. The SMILES string of the molecule is CC(O)C(C)CN1CCNCC1C. The fourth-order valence-electron chi connectivity index (χ4n) is 1.68. The highest BCUT2D eigenvalue weighted by atomic mass is 16.3. The van der Waals surface area contributed by atoms with Crippen molar-refractivity contribution in [1.82, 2.24) is 10.2 Å². The molecule has 0 saturated carbocycles. The number of piperazine rings is 1. The molecule has 1 aliphatic rings. The molecule has 0 amide bonds. The van der Waals surface area contributed by atoms with Crippen molar-refractivity contribution in [2.75, 3.05) is 26.2 Å². The lowest BCUT2D eigenvalue weighted by Crippen LogP contribution is -2.51. The minimum absolute atomic E-state index is 0.193. The van der Waals surface area contributed by atoms with Crippen molar-refractivity contribution in [2.45, 2.75) is 32.9 Å². The van der Waals surface area contributed by atoms with Crippen LogP contribution in [0.2, 0.25) is 0 Å². The van der Waals surface area contributed by atoms with E-state index in [0.717, 1.165) is 26.2 Å².